The van der Waals surface area contributed by atoms with Crippen molar-refractivity contribution in [1.82, 2.24) is 9.78 Å². The minimum atomic E-state index is -0.919. The van der Waals surface area contributed by atoms with E-state index in [0.29, 0.717) is 27.4 Å². The van der Waals surface area contributed by atoms with Crippen molar-refractivity contribution in [2.75, 3.05) is 5.32 Å². The van der Waals surface area contributed by atoms with Gasteiger partial charge in [-0.25, -0.2) is 4.68 Å². The van der Waals surface area contributed by atoms with Crippen LogP contribution in [0.4, 0.5) is 5.82 Å². The molecule has 0 saturated heterocycles. The topological polar surface area (TPSA) is 87.8 Å². The first-order chi connectivity index (χ1) is 22.0. The molecule has 0 bridgehead atoms. The van der Waals surface area contributed by atoms with Gasteiger partial charge in [-0.3, -0.25) is 9.59 Å². The second-order valence-electron chi connectivity index (χ2n) is 11.2. The number of aromatic nitrogens is 2. The Morgan fingerprint density at radius 3 is 1.93 bits per heavy atom. The van der Waals surface area contributed by atoms with Crippen molar-refractivity contribution in [2.24, 2.45) is 5.92 Å². The Labute approximate surface area is 265 Å². The molecule has 1 aliphatic rings. The Balaban J connectivity index is 1.54. The van der Waals surface area contributed by atoms with Gasteiger partial charge in [-0.2, -0.15) is 10.4 Å². The summed E-state index contributed by atoms with van der Waals surface area (Å²) in [5.74, 6) is -0.155. The Bertz CT molecular complexity index is 2000. The molecule has 6 nitrogen and oxygen atoms in total. The first kappa shape index (κ1) is 28.3. The number of ketones is 1. The molecule has 218 valence electrons. The number of Topliss-reactive ketones (excluding diaryl/α,β-unsaturated/α-hetero) is 1. The van der Waals surface area contributed by atoms with Crippen molar-refractivity contribution in [3.8, 4) is 17.2 Å². The normalized spacial score (nSPS) is 13.3. The molecular weight excluding hydrogens is 580 g/mol. The van der Waals surface area contributed by atoms with Crippen molar-refractivity contribution in [1.29, 1.82) is 5.26 Å². The third kappa shape index (κ3) is 4.88. The summed E-state index contributed by atoms with van der Waals surface area (Å²) in [6, 6.07) is 43.8. The highest BCUT2D eigenvalue weighted by Crippen LogP contribution is 2.44. The van der Waals surface area contributed by atoms with E-state index in [4.69, 9.17) is 16.7 Å². The van der Waals surface area contributed by atoms with Crippen LogP contribution >= 0.6 is 11.6 Å². The van der Waals surface area contributed by atoms with E-state index in [-0.39, 0.29) is 30.4 Å². The molecule has 1 aromatic heterocycles. The van der Waals surface area contributed by atoms with Gasteiger partial charge in [-0.15, -0.1) is 0 Å². The first-order valence-electron chi connectivity index (χ1n) is 14.7. The van der Waals surface area contributed by atoms with Crippen LogP contribution in [0.3, 0.4) is 0 Å². The number of hydrogen-bond acceptors (Lipinski definition) is 4. The maximum atomic E-state index is 13.4. The van der Waals surface area contributed by atoms with Gasteiger partial charge < -0.3 is 5.32 Å². The van der Waals surface area contributed by atoms with E-state index in [2.05, 4.69) is 47.8 Å². The molecule has 1 N–H and O–H groups in total. The van der Waals surface area contributed by atoms with Gasteiger partial charge in [0, 0.05) is 28.8 Å². The molecule has 1 aliphatic carbocycles. The molecular formula is C38H27ClN4O2. The van der Waals surface area contributed by atoms with E-state index in [1.807, 2.05) is 77.5 Å². The summed E-state index contributed by atoms with van der Waals surface area (Å²) in [6.45, 7) is 0. The molecule has 45 heavy (non-hydrogen) atoms. The third-order valence-corrected chi connectivity index (χ3v) is 8.87. The second kappa shape index (κ2) is 11.5. The van der Waals surface area contributed by atoms with E-state index < -0.39 is 5.54 Å². The number of anilines is 1. The smallest absolute Gasteiger partial charge is 0.229 e. The van der Waals surface area contributed by atoms with E-state index >= 15 is 0 Å². The number of nitrogens with one attached hydrogen (secondary N) is 1. The van der Waals surface area contributed by atoms with Gasteiger partial charge in [0.25, 0.3) is 0 Å². The summed E-state index contributed by atoms with van der Waals surface area (Å²) in [4.78, 5) is 25.1. The highest BCUT2D eigenvalue weighted by atomic mass is 35.5. The zero-order valence-corrected chi connectivity index (χ0v) is 24.9. The zero-order valence-electron chi connectivity index (χ0n) is 24.2. The van der Waals surface area contributed by atoms with Crippen LogP contribution in [0.25, 0.3) is 22.0 Å². The summed E-state index contributed by atoms with van der Waals surface area (Å²) in [5, 5.41) is 19.0. The van der Waals surface area contributed by atoms with Crippen molar-refractivity contribution < 1.29 is 9.59 Å². The maximum Gasteiger partial charge on any atom is 0.229 e. The third-order valence-electron chi connectivity index (χ3n) is 8.54. The summed E-state index contributed by atoms with van der Waals surface area (Å²) >= 11 is 6.63. The largest absolute Gasteiger partial charge is 0.308 e. The Kier molecular flexibility index (Phi) is 7.25. The molecule has 7 heteroatoms. The number of carbonyl (C=O) groups is 2. The van der Waals surface area contributed by atoms with Gasteiger partial charge in [-0.1, -0.05) is 109 Å². The summed E-state index contributed by atoms with van der Waals surface area (Å²) < 4.78 is 1.99. The van der Waals surface area contributed by atoms with Crippen LogP contribution in [-0.4, -0.2) is 21.5 Å². The molecule has 1 saturated carbocycles. The van der Waals surface area contributed by atoms with Crippen molar-refractivity contribution in [3.63, 3.8) is 0 Å². The summed E-state index contributed by atoms with van der Waals surface area (Å²) in [5.41, 5.74) is 4.80. The molecule has 7 rings (SSSR count). The number of nitrogens with zero attached hydrogens (tertiary/aromatic N) is 3. The number of amides is 1. The molecule has 0 radical (unpaired) electrons. The minimum absolute atomic E-state index is 0.0797. The van der Waals surface area contributed by atoms with Gasteiger partial charge in [0.2, 0.25) is 5.91 Å². The van der Waals surface area contributed by atoms with Gasteiger partial charge >= 0.3 is 0 Å². The lowest BCUT2D eigenvalue weighted by Gasteiger charge is -2.37. The van der Waals surface area contributed by atoms with Crippen LogP contribution in [0.15, 0.2) is 127 Å². The number of benzene rings is 5. The second-order valence-corrected chi connectivity index (χ2v) is 11.6. The SMILES string of the molecule is N#Cc1ccc(Cl)c(-c2ccc3c(c2)c(NC(=O)C2CC(=O)C2)nn3C(c2ccccc2)(c2ccccc2)c2ccccc2)c1. The fourth-order valence-electron chi connectivity index (χ4n) is 6.25. The highest BCUT2D eigenvalue weighted by molar-refractivity contribution is 6.33. The predicted molar refractivity (Wildman–Crippen MR) is 176 cm³/mol. The fourth-order valence-corrected chi connectivity index (χ4v) is 6.48. The lowest BCUT2D eigenvalue weighted by Crippen LogP contribution is -2.39. The van der Waals surface area contributed by atoms with E-state index in [1.54, 1.807) is 18.2 Å². The number of nitriles is 1. The first-order valence-corrected chi connectivity index (χ1v) is 15.1. The molecule has 5 aromatic carbocycles. The van der Waals surface area contributed by atoms with Gasteiger partial charge in [0.05, 0.1) is 23.1 Å². The van der Waals surface area contributed by atoms with Crippen LogP contribution in [0.2, 0.25) is 5.02 Å². The van der Waals surface area contributed by atoms with Crippen molar-refractivity contribution in [3.05, 3.63) is 155 Å². The van der Waals surface area contributed by atoms with Gasteiger partial charge in [0.15, 0.2) is 5.82 Å². The number of rotatable bonds is 7. The number of hydrogen-bond donors (Lipinski definition) is 1. The highest BCUT2D eigenvalue weighted by Gasteiger charge is 2.41. The van der Waals surface area contributed by atoms with E-state index in [1.165, 1.54) is 0 Å². The predicted octanol–water partition coefficient (Wildman–Crippen LogP) is 7.99. The van der Waals surface area contributed by atoms with Crippen LogP contribution in [0, 0.1) is 17.2 Å². The standard InChI is InChI=1S/C38H27ClN4O2/c39-34-18-16-25(24-40)20-32(34)26-17-19-35-33(23-26)36(41-37(45)27-21-31(44)22-27)42-43(35)38(28-10-4-1-5-11-28,29-12-6-2-7-13-29)30-14-8-3-9-15-30/h1-20,23,27H,21-22H2,(H,41,42,45). The molecule has 1 fully saturated rings. The van der Waals surface area contributed by atoms with Crippen molar-refractivity contribution >= 4 is 40.0 Å². The molecule has 0 spiro atoms. The molecule has 6 aromatic rings. The summed E-state index contributed by atoms with van der Waals surface area (Å²) in [7, 11) is 0. The quantitative estimate of drug-likeness (QED) is 0.187. The number of carbonyl (C=O) groups excluding carboxylic acids is 2. The Morgan fingerprint density at radius 1 is 0.822 bits per heavy atom. The number of fused-ring (bicyclic) bond motifs is 1. The van der Waals surface area contributed by atoms with Gasteiger partial charge in [0.1, 0.15) is 11.3 Å². The molecule has 1 heterocycles. The Hall–Kier alpha value is -5.51. The van der Waals surface area contributed by atoms with Crippen LogP contribution in [0.1, 0.15) is 35.1 Å². The van der Waals surface area contributed by atoms with E-state index in [9.17, 15) is 14.9 Å². The molecule has 1 amide bonds. The average molecular weight is 607 g/mol. The van der Waals surface area contributed by atoms with Crippen LogP contribution in [0.5, 0.6) is 0 Å². The monoisotopic (exact) mass is 606 g/mol. The molecule has 0 aliphatic heterocycles. The maximum absolute atomic E-state index is 13.4. The lowest BCUT2D eigenvalue weighted by atomic mass is 9.77. The summed E-state index contributed by atoms with van der Waals surface area (Å²) in [6.07, 6.45) is 0.461. The van der Waals surface area contributed by atoms with Crippen LogP contribution in [-0.2, 0) is 15.1 Å². The van der Waals surface area contributed by atoms with Crippen LogP contribution < -0.4 is 5.32 Å². The zero-order chi connectivity index (χ0) is 31.0. The lowest BCUT2D eigenvalue weighted by molar-refractivity contribution is -0.135. The molecule has 0 atom stereocenters. The van der Waals surface area contributed by atoms with E-state index in [0.717, 1.165) is 27.8 Å². The van der Waals surface area contributed by atoms with Gasteiger partial charge in [-0.05, 0) is 52.6 Å². The van der Waals surface area contributed by atoms with Crippen molar-refractivity contribution in [2.45, 2.75) is 18.4 Å². The number of halogens is 1. The Morgan fingerprint density at radius 2 is 1.40 bits per heavy atom. The average Bonchev–Trinajstić information content (AvgIpc) is 3.42. The molecule has 0 unspecified atom stereocenters. The minimum Gasteiger partial charge on any atom is -0.308 e. The fraction of sp³-hybridized carbons (Fsp3) is 0.105.